The number of amides is 2. The van der Waals surface area contributed by atoms with Crippen LogP contribution in [-0.4, -0.2) is 47.5 Å². The van der Waals surface area contributed by atoms with Crippen molar-refractivity contribution in [3.8, 4) is 0 Å². The van der Waals surface area contributed by atoms with E-state index in [-0.39, 0.29) is 13.0 Å². The number of thioether (sulfide) groups is 1. The fourth-order valence-corrected chi connectivity index (χ4v) is 4.27. The molecule has 1 aromatic carbocycles. The van der Waals surface area contributed by atoms with E-state index < -0.39 is 23.6 Å². The first-order chi connectivity index (χ1) is 14.2. The van der Waals surface area contributed by atoms with Crippen LogP contribution in [0.25, 0.3) is 10.2 Å². The van der Waals surface area contributed by atoms with E-state index in [4.69, 9.17) is 9.47 Å². The van der Waals surface area contributed by atoms with Crippen LogP contribution >= 0.6 is 23.1 Å². The fraction of sp³-hybridized carbons (Fsp3) is 0.400. The lowest BCUT2D eigenvalue weighted by Gasteiger charge is -2.19. The summed E-state index contributed by atoms with van der Waals surface area (Å²) in [5.41, 5.74) is 0.767. The van der Waals surface area contributed by atoms with E-state index in [1.54, 1.807) is 26.8 Å². The maximum absolute atomic E-state index is 12.1. The maximum atomic E-state index is 12.1. The van der Waals surface area contributed by atoms with Crippen LogP contribution in [0.3, 0.4) is 0 Å². The number of aromatic nitrogens is 1. The second-order valence-corrected chi connectivity index (χ2v) is 9.51. The first kappa shape index (κ1) is 23.7. The molecule has 0 aliphatic rings. The predicted molar refractivity (Wildman–Crippen MR) is 119 cm³/mol. The Bertz CT molecular complexity index is 921. The quantitative estimate of drug-likeness (QED) is 0.195. The highest BCUT2D eigenvalue weighted by Crippen LogP contribution is 2.31. The van der Waals surface area contributed by atoms with Gasteiger partial charge in [-0.15, -0.1) is 11.3 Å². The molecule has 8 nitrogen and oxygen atoms in total. The van der Waals surface area contributed by atoms with E-state index in [1.807, 2.05) is 12.1 Å². The largest absolute Gasteiger partial charge is 0.460 e. The molecule has 1 aromatic heterocycles. The Morgan fingerprint density at radius 3 is 2.77 bits per heavy atom. The highest BCUT2D eigenvalue weighted by Gasteiger charge is 2.19. The number of carbonyl (C=O) groups excluding carboxylic acids is 3. The maximum Gasteiger partial charge on any atom is 0.407 e. The van der Waals surface area contributed by atoms with E-state index in [1.165, 1.54) is 29.2 Å². The molecule has 0 spiro atoms. The van der Waals surface area contributed by atoms with E-state index in [0.29, 0.717) is 18.0 Å². The number of fused-ring (bicyclic) bond motifs is 1. The predicted octanol–water partition coefficient (Wildman–Crippen LogP) is 3.97. The smallest absolute Gasteiger partial charge is 0.407 e. The first-order valence-electron chi connectivity index (χ1n) is 9.23. The molecule has 0 atom stereocenters. The van der Waals surface area contributed by atoms with Crippen LogP contribution in [0, 0.1) is 0 Å². The molecule has 0 saturated carbocycles. The van der Waals surface area contributed by atoms with Crippen LogP contribution < -0.4 is 10.6 Å². The van der Waals surface area contributed by atoms with Crippen molar-refractivity contribution in [1.82, 2.24) is 10.3 Å². The first-order valence-corrected chi connectivity index (χ1v) is 11.0. The van der Waals surface area contributed by atoms with Gasteiger partial charge in [0.2, 0.25) is 5.91 Å². The fourth-order valence-electron chi connectivity index (χ4n) is 2.23. The molecule has 162 valence electrons. The minimum absolute atomic E-state index is 0.174. The lowest BCUT2D eigenvalue weighted by molar-refractivity contribution is -0.155. The molecule has 30 heavy (non-hydrogen) atoms. The number of anilines is 1. The topological polar surface area (TPSA) is 107 Å². The van der Waals surface area contributed by atoms with Crippen LogP contribution in [0.15, 0.2) is 35.2 Å². The van der Waals surface area contributed by atoms with Gasteiger partial charge in [0.05, 0.1) is 10.2 Å². The Morgan fingerprint density at radius 2 is 2.07 bits per heavy atom. The molecular weight excluding hydrogens is 426 g/mol. The van der Waals surface area contributed by atoms with Gasteiger partial charge in [-0.1, -0.05) is 24.4 Å². The van der Waals surface area contributed by atoms with Gasteiger partial charge in [-0.2, -0.15) is 0 Å². The zero-order chi connectivity index (χ0) is 22.1. The van der Waals surface area contributed by atoms with E-state index in [9.17, 15) is 14.4 Å². The van der Waals surface area contributed by atoms with E-state index in [0.717, 1.165) is 14.6 Å². The third kappa shape index (κ3) is 8.42. The van der Waals surface area contributed by atoms with Gasteiger partial charge in [0.15, 0.2) is 4.34 Å². The van der Waals surface area contributed by atoms with Crippen molar-refractivity contribution in [3.05, 3.63) is 30.9 Å². The summed E-state index contributed by atoms with van der Waals surface area (Å²) in [5.74, 6) is -0.362. The zero-order valence-corrected chi connectivity index (χ0v) is 18.8. The van der Waals surface area contributed by atoms with Crippen LogP contribution in [0.2, 0.25) is 0 Å². The van der Waals surface area contributed by atoms with Gasteiger partial charge >= 0.3 is 12.1 Å². The molecule has 10 heteroatoms. The van der Waals surface area contributed by atoms with Crippen LogP contribution in [-0.2, 0) is 19.1 Å². The lowest BCUT2D eigenvalue weighted by Crippen LogP contribution is -2.27. The van der Waals surface area contributed by atoms with Crippen molar-refractivity contribution >= 4 is 57.0 Å². The number of carbonyl (C=O) groups is 3. The molecule has 0 aliphatic carbocycles. The van der Waals surface area contributed by atoms with Crippen molar-refractivity contribution in [1.29, 1.82) is 0 Å². The van der Waals surface area contributed by atoms with Gasteiger partial charge in [-0.25, -0.2) is 9.78 Å². The SMILES string of the molecule is C=CCOC(=O)NCCSc1nc2ccc(NC(=O)CC(=O)OC(C)(C)C)cc2s1. The van der Waals surface area contributed by atoms with Crippen molar-refractivity contribution in [3.63, 3.8) is 0 Å². The molecule has 1 heterocycles. The van der Waals surface area contributed by atoms with Gasteiger partial charge in [-0.05, 0) is 39.0 Å². The summed E-state index contributed by atoms with van der Waals surface area (Å²) >= 11 is 3.00. The Kier molecular flexibility index (Phi) is 8.67. The third-order valence-corrected chi connectivity index (χ3v) is 5.47. The Morgan fingerprint density at radius 1 is 1.30 bits per heavy atom. The number of nitrogens with zero attached hydrogens (tertiary/aromatic N) is 1. The monoisotopic (exact) mass is 451 g/mol. The molecule has 2 N–H and O–H groups in total. The highest BCUT2D eigenvalue weighted by atomic mass is 32.2. The van der Waals surface area contributed by atoms with Crippen LogP contribution in [0.4, 0.5) is 10.5 Å². The summed E-state index contributed by atoms with van der Waals surface area (Å²) in [6.45, 7) is 9.35. The number of thiazole rings is 1. The number of benzene rings is 1. The normalized spacial score (nSPS) is 11.0. The van der Waals surface area contributed by atoms with Gasteiger partial charge in [0.25, 0.3) is 0 Å². The Labute approximate surface area is 183 Å². The van der Waals surface area contributed by atoms with Crippen molar-refractivity contribution in [2.24, 2.45) is 0 Å². The number of hydrogen-bond acceptors (Lipinski definition) is 8. The molecule has 2 amide bonds. The minimum atomic E-state index is -0.631. The number of rotatable bonds is 9. The molecule has 0 aliphatic heterocycles. The summed E-state index contributed by atoms with van der Waals surface area (Å²) in [7, 11) is 0. The standard InChI is InChI=1S/C20H25N3O5S2/c1-5-9-27-18(26)21-8-10-29-19-23-14-7-6-13(11-15(14)30-19)22-16(24)12-17(25)28-20(2,3)4/h5-7,11H,1,8-10,12H2,2-4H3,(H,21,26)(H,22,24). The summed E-state index contributed by atoms with van der Waals surface area (Å²) in [4.78, 5) is 39.7. The van der Waals surface area contributed by atoms with Gasteiger partial charge < -0.3 is 20.1 Å². The van der Waals surface area contributed by atoms with Gasteiger partial charge in [0, 0.05) is 18.0 Å². The van der Waals surface area contributed by atoms with Crippen molar-refractivity contribution in [2.75, 3.05) is 24.2 Å². The number of nitrogens with one attached hydrogen (secondary N) is 2. The molecule has 0 fully saturated rings. The number of ether oxygens (including phenoxy) is 2. The summed E-state index contributed by atoms with van der Waals surface area (Å²) in [6.07, 6.45) is 0.678. The molecule has 0 unspecified atom stereocenters. The summed E-state index contributed by atoms with van der Waals surface area (Å²) in [5, 5.41) is 5.35. The van der Waals surface area contributed by atoms with E-state index in [2.05, 4.69) is 22.2 Å². The average Bonchev–Trinajstić information content (AvgIpc) is 3.03. The Balaban J connectivity index is 1.85. The second-order valence-electron chi connectivity index (χ2n) is 7.14. The van der Waals surface area contributed by atoms with E-state index >= 15 is 0 Å². The second kappa shape index (κ2) is 11.0. The summed E-state index contributed by atoms with van der Waals surface area (Å²) in [6, 6.07) is 5.36. The molecular formula is C20H25N3O5S2. The van der Waals surface area contributed by atoms with Gasteiger partial charge in [0.1, 0.15) is 18.6 Å². The Hall–Kier alpha value is -2.59. The number of esters is 1. The summed E-state index contributed by atoms with van der Waals surface area (Å²) < 4.78 is 11.7. The third-order valence-electron chi connectivity index (χ3n) is 3.31. The molecule has 2 aromatic rings. The van der Waals surface area contributed by atoms with Gasteiger partial charge in [-0.3, -0.25) is 9.59 Å². The molecule has 0 bridgehead atoms. The van der Waals surface area contributed by atoms with Crippen molar-refractivity contribution < 1.29 is 23.9 Å². The molecule has 0 radical (unpaired) electrons. The van der Waals surface area contributed by atoms with Crippen molar-refractivity contribution in [2.45, 2.75) is 37.1 Å². The minimum Gasteiger partial charge on any atom is -0.460 e. The number of hydrogen-bond donors (Lipinski definition) is 2. The van der Waals surface area contributed by atoms with Crippen LogP contribution in [0.5, 0.6) is 0 Å². The lowest BCUT2D eigenvalue weighted by atomic mass is 10.2. The number of alkyl carbamates (subject to hydrolysis) is 1. The molecule has 0 saturated heterocycles. The highest BCUT2D eigenvalue weighted by molar-refractivity contribution is 8.01. The zero-order valence-electron chi connectivity index (χ0n) is 17.1. The molecule has 2 rings (SSSR count). The average molecular weight is 452 g/mol. The van der Waals surface area contributed by atoms with Crippen LogP contribution in [0.1, 0.15) is 27.2 Å².